The Kier molecular flexibility index (Phi) is 4.02. The Labute approximate surface area is 59.8 Å². The molecule has 0 aliphatic rings. The molecule has 0 saturated heterocycles. The molecule has 0 aliphatic carbocycles. The van der Waals surface area contributed by atoms with Gasteiger partial charge in [0.2, 0.25) is 0 Å². The summed E-state index contributed by atoms with van der Waals surface area (Å²) in [6.45, 7) is 3.77. The van der Waals surface area contributed by atoms with Crippen molar-refractivity contribution in [2.75, 3.05) is 0 Å². The van der Waals surface area contributed by atoms with E-state index in [4.69, 9.17) is 23.2 Å². The fraction of sp³-hybridized carbons (Fsp3) is 0.333. The Morgan fingerprint density at radius 3 is 2.00 bits per heavy atom. The third kappa shape index (κ3) is 3.11. The van der Waals surface area contributed by atoms with Gasteiger partial charge in [0.25, 0.3) is 0 Å². The Morgan fingerprint density at radius 2 is 1.88 bits per heavy atom. The van der Waals surface area contributed by atoms with Crippen LogP contribution in [-0.4, -0.2) is 0 Å². The highest BCUT2D eigenvalue weighted by Gasteiger charge is 1.86. The zero-order chi connectivity index (χ0) is 6.57. The van der Waals surface area contributed by atoms with Crippen molar-refractivity contribution in [1.82, 2.24) is 0 Å². The van der Waals surface area contributed by atoms with Gasteiger partial charge in [0.05, 0.1) is 0 Å². The van der Waals surface area contributed by atoms with Crippen molar-refractivity contribution in [1.29, 1.82) is 0 Å². The van der Waals surface area contributed by atoms with Gasteiger partial charge >= 0.3 is 0 Å². The molecule has 0 nitrogen and oxygen atoms in total. The number of halogens is 2. The van der Waals surface area contributed by atoms with Crippen LogP contribution in [0, 0.1) is 0 Å². The molecule has 0 aromatic carbocycles. The van der Waals surface area contributed by atoms with Crippen molar-refractivity contribution in [3.8, 4) is 0 Å². The quantitative estimate of drug-likeness (QED) is 0.504. The van der Waals surface area contributed by atoms with E-state index in [1.54, 1.807) is 0 Å². The summed E-state index contributed by atoms with van der Waals surface area (Å²) < 4.78 is 0.336. The van der Waals surface area contributed by atoms with Crippen molar-refractivity contribution in [2.24, 2.45) is 0 Å². The minimum absolute atomic E-state index is 0.336. The van der Waals surface area contributed by atoms with E-state index in [1.807, 2.05) is 26.0 Å². The maximum atomic E-state index is 5.40. The molecule has 0 saturated carbocycles. The van der Waals surface area contributed by atoms with E-state index in [9.17, 15) is 0 Å². The van der Waals surface area contributed by atoms with Crippen molar-refractivity contribution >= 4 is 23.2 Å². The SMILES string of the molecule is CC=CC(C)=C(Cl)Cl. The summed E-state index contributed by atoms with van der Waals surface area (Å²) >= 11 is 10.8. The lowest BCUT2D eigenvalue weighted by Gasteiger charge is -1.86. The molecule has 0 atom stereocenters. The van der Waals surface area contributed by atoms with Gasteiger partial charge in [0, 0.05) is 0 Å². The summed E-state index contributed by atoms with van der Waals surface area (Å²) in [5.74, 6) is 0. The lowest BCUT2D eigenvalue weighted by molar-refractivity contribution is 1.51. The van der Waals surface area contributed by atoms with Crippen LogP contribution in [0.2, 0.25) is 0 Å². The average molecular weight is 151 g/mol. The standard InChI is InChI=1S/C6H8Cl2/c1-3-4-5(2)6(7)8/h3-4H,1-2H3. The van der Waals surface area contributed by atoms with Crippen LogP contribution in [0.3, 0.4) is 0 Å². The number of rotatable bonds is 1. The Bertz CT molecular complexity index is 118. The van der Waals surface area contributed by atoms with Gasteiger partial charge in [-0.3, -0.25) is 0 Å². The molecule has 0 N–H and O–H groups in total. The zero-order valence-electron chi connectivity index (χ0n) is 4.91. The third-order valence-corrected chi connectivity index (χ3v) is 1.31. The van der Waals surface area contributed by atoms with Crippen LogP contribution in [-0.2, 0) is 0 Å². The lowest BCUT2D eigenvalue weighted by Crippen LogP contribution is -1.65. The van der Waals surface area contributed by atoms with Gasteiger partial charge in [-0.1, -0.05) is 35.4 Å². The highest BCUT2D eigenvalue weighted by atomic mass is 35.5. The van der Waals surface area contributed by atoms with E-state index in [0.717, 1.165) is 5.57 Å². The average Bonchev–Trinajstić information content (AvgIpc) is 1.67. The second-order valence-electron chi connectivity index (χ2n) is 1.44. The van der Waals surface area contributed by atoms with Crippen LogP contribution in [0.5, 0.6) is 0 Å². The molecule has 2 heteroatoms. The predicted molar refractivity (Wildman–Crippen MR) is 39.2 cm³/mol. The van der Waals surface area contributed by atoms with Gasteiger partial charge in [0.15, 0.2) is 0 Å². The lowest BCUT2D eigenvalue weighted by atomic mass is 10.3. The maximum absolute atomic E-state index is 5.40. The van der Waals surface area contributed by atoms with Crippen molar-refractivity contribution < 1.29 is 0 Å². The normalized spacial score (nSPS) is 10.0. The molecule has 0 heterocycles. The molecule has 0 radical (unpaired) electrons. The van der Waals surface area contributed by atoms with E-state index in [-0.39, 0.29) is 0 Å². The van der Waals surface area contributed by atoms with E-state index >= 15 is 0 Å². The zero-order valence-corrected chi connectivity index (χ0v) is 6.42. The van der Waals surface area contributed by atoms with Gasteiger partial charge < -0.3 is 0 Å². The van der Waals surface area contributed by atoms with E-state index < -0.39 is 0 Å². The smallest absolute Gasteiger partial charge is 0.0873 e. The third-order valence-electron chi connectivity index (χ3n) is 0.715. The first-order valence-corrected chi connectivity index (χ1v) is 3.08. The molecule has 0 fully saturated rings. The Morgan fingerprint density at radius 1 is 1.38 bits per heavy atom. The Balaban J connectivity index is 4.00. The molecule has 0 aromatic heterocycles. The number of hydrogen-bond donors (Lipinski definition) is 0. The second-order valence-corrected chi connectivity index (χ2v) is 2.39. The van der Waals surface area contributed by atoms with Crippen LogP contribution in [0.15, 0.2) is 22.2 Å². The van der Waals surface area contributed by atoms with E-state index in [0.29, 0.717) is 4.49 Å². The highest BCUT2D eigenvalue weighted by molar-refractivity contribution is 6.56. The number of hydrogen-bond acceptors (Lipinski definition) is 0. The van der Waals surface area contributed by atoms with Crippen LogP contribution in [0.4, 0.5) is 0 Å². The first-order valence-electron chi connectivity index (χ1n) is 2.33. The summed E-state index contributed by atoms with van der Waals surface area (Å²) in [5, 5.41) is 0. The first kappa shape index (κ1) is 8.06. The second kappa shape index (κ2) is 3.99. The largest absolute Gasteiger partial charge is 0.109 e. The van der Waals surface area contributed by atoms with E-state index in [2.05, 4.69) is 0 Å². The molecule has 0 spiro atoms. The van der Waals surface area contributed by atoms with Gasteiger partial charge in [0.1, 0.15) is 4.49 Å². The highest BCUT2D eigenvalue weighted by Crippen LogP contribution is 2.13. The number of allylic oxidation sites excluding steroid dienone is 3. The summed E-state index contributed by atoms with van der Waals surface area (Å²) in [7, 11) is 0. The minimum atomic E-state index is 0.336. The van der Waals surface area contributed by atoms with Crippen LogP contribution in [0.1, 0.15) is 13.8 Å². The Hall–Kier alpha value is 0.0600. The van der Waals surface area contributed by atoms with Gasteiger partial charge in [-0.15, -0.1) is 0 Å². The molecule has 0 aromatic rings. The molecule has 0 amide bonds. The molecular weight excluding hydrogens is 143 g/mol. The maximum Gasteiger partial charge on any atom is 0.109 e. The van der Waals surface area contributed by atoms with Crippen molar-refractivity contribution in [2.45, 2.75) is 13.8 Å². The molecule has 0 aliphatic heterocycles. The minimum Gasteiger partial charge on any atom is -0.0873 e. The summed E-state index contributed by atoms with van der Waals surface area (Å²) in [5.41, 5.74) is 0.899. The van der Waals surface area contributed by atoms with Gasteiger partial charge in [-0.05, 0) is 19.4 Å². The van der Waals surface area contributed by atoms with Gasteiger partial charge in [-0.2, -0.15) is 0 Å². The van der Waals surface area contributed by atoms with Crippen LogP contribution >= 0.6 is 23.2 Å². The molecule has 46 valence electrons. The molecular formula is C6H8Cl2. The summed E-state index contributed by atoms with van der Waals surface area (Å²) in [4.78, 5) is 0. The fourth-order valence-corrected chi connectivity index (χ4v) is 0.439. The topological polar surface area (TPSA) is 0 Å². The monoisotopic (exact) mass is 150 g/mol. The first-order chi connectivity index (χ1) is 3.68. The van der Waals surface area contributed by atoms with Crippen LogP contribution < -0.4 is 0 Å². The predicted octanol–water partition coefficient (Wildman–Crippen LogP) is 3.27. The summed E-state index contributed by atoms with van der Waals surface area (Å²) in [6.07, 6.45) is 3.75. The van der Waals surface area contributed by atoms with Gasteiger partial charge in [-0.25, -0.2) is 0 Å². The fourth-order valence-electron chi connectivity index (χ4n) is 0.313. The van der Waals surface area contributed by atoms with Crippen molar-refractivity contribution in [3.63, 3.8) is 0 Å². The van der Waals surface area contributed by atoms with E-state index in [1.165, 1.54) is 0 Å². The van der Waals surface area contributed by atoms with Crippen LogP contribution in [0.25, 0.3) is 0 Å². The summed E-state index contributed by atoms with van der Waals surface area (Å²) in [6, 6.07) is 0. The molecule has 0 unspecified atom stereocenters. The molecule has 0 bridgehead atoms. The molecule has 8 heavy (non-hydrogen) atoms. The molecule has 0 rings (SSSR count). The van der Waals surface area contributed by atoms with Crippen molar-refractivity contribution in [3.05, 3.63) is 22.2 Å².